The van der Waals surface area contributed by atoms with E-state index in [4.69, 9.17) is 0 Å². The lowest BCUT2D eigenvalue weighted by molar-refractivity contribution is 0.0796. The Morgan fingerprint density at radius 2 is 2.06 bits per heavy atom. The van der Waals surface area contributed by atoms with Crippen LogP contribution in [0.15, 0.2) is 18.2 Å². The number of carbonyl (C=O) groups is 1. The first-order chi connectivity index (χ1) is 7.41. The van der Waals surface area contributed by atoms with Gasteiger partial charge in [0.2, 0.25) is 0 Å². The van der Waals surface area contributed by atoms with Gasteiger partial charge in [-0.3, -0.25) is 4.79 Å². The normalized spacial score (nSPS) is 12.3. The van der Waals surface area contributed by atoms with E-state index in [0.717, 1.165) is 11.1 Å². The summed E-state index contributed by atoms with van der Waals surface area (Å²) in [5.74, 6) is 0.0869. The number of amides is 1. The van der Waals surface area contributed by atoms with Gasteiger partial charge < -0.3 is 4.90 Å². The van der Waals surface area contributed by atoms with E-state index in [1.54, 1.807) is 4.90 Å². The second-order valence-corrected chi connectivity index (χ2v) is 5.85. The van der Waals surface area contributed by atoms with Gasteiger partial charge in [0.1, 0.15) is 0 Å². The lowest BCUT2D eigenvalue weighted by atomic mass is 10.0. The van der Waals surface area contributed by atoms with Crippen LogP contribution in [-0.2, 0) is 0 Å². The van der Waals surface area contributed by atoms with E-state index < -0.39 is 0 Å². The molecule has 0 spiro atoms. The van der Waals surface area contributed by atoms with Gasteiger partial charge in [-0.05, 0) is 25.5 Å². The van der Waals surface area contributed by atoms with Crippen molar-refractivity contribution in [3.63, 3.8) is 0 Å². The van der Waals surface area contributed by atoms with E-state index in [9.17, 15) is 4.79 Å². The first kappa shape index (κ1) is 13.2. The summed E-state index contributed by atoms with van der Waals surface area (Å²) in [5, 5.41) is 0. The van der Waals surface area contributed by atoms with Gasteiger partial charge in [0, 0.05) is 24.0 Å². The largest absolute Gasteiger partial charge is 0.341 e. The van der Waals surface area contributed by atoms with Crippen LogP contribution in [0.2, 0.25) is 0 Å². The van der Waals surface area contributed by atoms with E-state index >= 15 is 0 Å². The number of nitrogens with zero attached hydrogens (tertiary/aromatic N) is 1. The van der Waals surface area contributed by atoms with Crippen LogP contribution in [-0.4, -0.2) is 29.2 Å². The SMILES string of the molecule is Cc1ccc(C(=O)N(C)CC(C)Br)c(C)c1. The van der Waals surface area contributed by atoms with Gasteiger partial charge in [-0.25, -0.2) is 0 Å². The van der Waals surface area contributed by atoms with Gasteiger partial charge in [-0.1, -0.05) is 40.5 Å². The van der Waals surface area contributed by atoms with E-state index in [1.165, 1.54) is 5.56 Å². The monoisotopic (exact) mass is 283 g/mol. The summed E-state index contributed by atoms with van der Waals surface area (Å²) in [6, 6.07) is 5.92. The van der Waals surface area contributed by atoms with Crippen molar-refractivity contribution in [2.24, 2.45) is 0 Å². The van der Waals surface area contributed by atoms with Gasteiger partial charge in [0.25, 0.3) is 5.91 Å². The Morgan fingerprint density at radius 3 is 2.56 bits per heavy atom. The Kier molecular flexibility index (Phi) is 4.54. The summed E-state index contributed by atoms with van der Waals surface area (Å²) < 4.78 is 0. The number of rotatable bonds is 3. The van der Waals surface area contributed by atoms with Crippen molar-refractivity contribution in [3.8, 4) is 0 Å². The van der Waals surface area contributed by atoms with E-state index in [-0.39, 0.29) is 5.91 Å². The summed E-state index contributed by atoms with van der Waals surface area (Å²) in [6.45, 7) is 6.76. The highest BCUT2D eigenvalue weighted by molar-refractivity contribution is 9.09. The standard InChI is InChI=1S/C13H18BrNO/c1-9-5-6-12(10(2)7-9)13(16)15(4)8-11(3)14/h5-7,11H,8H2,1-4H3. The third kappa shape index (κ3) is 3.34. The molecular weight excluding hydrogens is 266 g/mol. The minimum atomic E-state index is 0.0869. The predicted octanol–water partition coefficient (Wildman–Crippen LogP) is 3.16. The summed E-state index contributed by atoms with van der Waals surface area (Å²) in [4.78, 5) is 14.2. The second-order valence-electron chi connectivity index (χ2n) is 4.28. The van der Waals surface area contributed by atoms with Crippen molar-refractivity contribution < 1.29 is 4.79 Å². The maximum atomic E-state index is 12.1. The molecule has 0 aromatic heterocycles. The zero-order valence-electron chi connectivity index (χ0n) is 10.2. The lowest BCUT2D eigenvalue weighted by Gasteiger charge is -2.19. The van der Waals surface area contributed by atoms with E-state index in [0.29, 0.717) is 11.4 Å². The van der Waals surface area contributed by atoms with Crippen LogP contribution in [0.5, 0.6) is 0 Å². The van der Waals surface area contributed by atoms with E-state index in [1.807, 2.05) is 46.0 Å². The maximum Gasteiger partial charge on any atom is 0.253 e. The van der Waals surface area contributed by atoms with Crippen molar-refractivity contribution >= 4 is 21.8 Å². The van der Waals surface area contributed by atoms with E-state index in [2.05, 4.69) is 15.9 Å². The third-order valence-corrected chi connectivity index (χ3v) is 2.77. The van der Waals surface area contributed by atoms with Crippen molar-refractivity contribution in [2.45, 2.75) is 25.6 Å². The molecule has 1 aromatic carbocycles. The molecule has 1 unspecified atom stereocenters. The minimum absolute atomic E-state index is 0.0869. The molecule has 0 heterocycles. The Labute approximate surface area is 106 Å². The van der Waals surface area contributed by atoms with Gasteiger partial charge in [-0.2, -0.15) is 0 Å². The number of halogens is 1. The maximum absolute atomic E-state index is 12.1. The minimum Gasteiger partial charge on any atom is -0.341 e. The molecule has 2 nitrogen and oxygen atoms in total. The van der Waals surface area contributed by atoms with Crippen molar-refractivity contribution in [2.75, 3.05) is 13.6 Å². The summed E-state index contributed by atoms with van der Waals surface area (Å²) in [7, 11) is 1.83. The average Bonchev–Trinajstić information content (AvgIpc) is 2.15. The Hall–Kier alpha value is -0.830. The summed E-state index contributed by atoms with van der Waals surface area (Å²) >= 11 is 3.45. The molecule has 0 fully saturated rings. The van der Waals surface area contributed by atoms with Crippen LogP contribution in [0, 0.1) is 13.8 Å². The highest BCUT2D eigenvalue weighted by atomic mass is 79.9. The average molecular weight is 284 g/mol. The number of alkyl halides is 1. The predicted molar refractivity (Wildman–Crippen MR) is 71.3 cm³/mol. The fourth-order valence-corrected chi connectivity index (χ4v) is 2.15. The van der Waals surface area contributed by atoms with Gasteiger partial charge in [-0.15, -0.1) is 0 Å². The van der Waals surface area contributed by atoms with Crippen LogP contribution in [0.25, 0.3) is 0 Å². The van der Waals surface area contributed by atoms with Gasteiger partial charge in [0.15, 0.2) is 0 Å². The first-order valence-corrected chi connectivity index (χ1v) is 6.30. The van der Waals surface area contributed by atoms with Crippen LogP contribution >= 0.6 is 15.9 Å². The molecule has 0 radical (unpaired) electrons. The van der Waals surface area contributed by atoms with Crippen LogP contribution in [0.4, 0.5) is 0 Å². The topological polar surface area (TPSA) is 20.3 Å². The molecular formula is C13H18BrNO. The number of hydrogen-bond acceptors (Lipinski definition) is 1. The zero-order valence-corrected chi connectivity index (χ0v) is 11.8. The van der Waals surface area contributed by atoms with Crippen LogP contribution in [0.3, 0.4) is 0 Å². The van der Waals surface area contributed by atoms with Crippen molar-refractivity contribution in [1.82, 2.24) is 4.90 Å². The summed E-state index contributed by atoms with van der Waals surface area (Å²) in [5.41, 5.74) is 3.02. The Bertz CT molecular complexity index is 388. The quantitative estimate of drug-likeness (QED) is 0.781. The number of aryl methyl sites for hydroxylation is 2. The number of hydrogen-bond donors (Lipinski definition) is 0. The second kappa shape index (κ2) is 5.48. The van der Waals surface area contributed by atoms with Crippen molar-refractivity contribution in [1.29, 1.82) is 0 Å². The molecule has 1 amide bonds. The third-order valence-electron chi connectivity index (χ3n) is 2.48. The molecule has 1 aromatic rings. The molecule has 0 N–H and O–H groups in total. The fourth-order valence-electron chi connectivity index (χ4n) is 1.72. The molecule has 3 heteroatoms. The number of carbonyl (C=O) groups excluding carboxylic acids is 1. The fraction of sp³-hybridized carbons (Fsp3) is 0.462. The molecule has 0 aliphatic rings. The highest BCUT2D eigenvalue weighted by Crippen LogP contribution is 2.13. The zero-order chi connectivity index (χ0) is 12.3. The van der Waals surface area contributed by atoms with Crippen molar-refractivity contribution in [3.05, 3.63) is 34.9 Å². The highest BCUT2D eigenvalue weighted by Gasteiger charge is 2.14. The molecule has 0 saturated heterocycles. The van der Waals surface area contributed by atoms with Crippen LogP contribution < -0.4 is 0 Å². The molecule has 0 aliphatic heterocycles. The first-order valence-electron chi connectivity index (χ1n) is 5.38. The molecule has 0 aliphatic carbocycles. The smallest absolute Gasteiger partial charge is 0.253 e. The number of benzene rings is 1. The van der Waals surface area contributed by atoms with Gasteiger partial charge >= 0.3 is 0 Å². The molecule has 88 valence electrons. The lowest BCUT2D eigenvalue weighted by Crippen LogP contribution is -2.31. The molecule has 0 saturated carbocycles. The van der Waals surface area contributed by atoms with Crippen LogP contribution in [0.1, 0.15) is 28.4 Å². The molecule has 0 bridgehead atoms. The molecule has 16 heavy (non-hydrogen) atoms. The summed E-state index contributed by atoms with van der Waals surface area (Å²) in [6.07, 6.45) is 0. The molecule has 1 rings (SSSR count). The molecule has 1 atom stereocenters. The Morgan fingerprint density at radius 1 is 1.44 bits per heavy atom. The Balaban J connectivity index is 2.88. The van der Waals surface area contributed by atoms with Gasteiger partial charge in [0.05, 0.1) is 0 Å².